The molecule has 0 spiro atoms. The van der Waals surface area contributed by atoms with E-state index in [1.807, 2.05) is 0 Å². The quantitative estimate of drug-likeness (QED) is 0.250. The second-order valence-corrected chi connectivity index (χ2v) is 9.51. The molecule has 2 heterocycles. The molecular formula is C20H13FN2O7S2. The lowest BCUT2D eigenvalue weighted by atomic mass is 10.1. The molecule has 1 aliphatic heterocycles. The highest BCUT2D eigenvalue weighted by Crippen LogP contribution is 2.42. The van der Waals surface area contributed by atoms with Crippen molar-refractivity contribution in [2.75, 3.05) is 4.90 Å². The summed E-state index contributed by atoms with van der Waals surface area (Å²) in [5, 5.41) is 10.8. The molecule has 9 nitrogen and oxygen atoms in total. The van der Waals surface area contributed by atoms with E-state index in [9.17, 15) is 32.3 Å². The van der Waals surface area contributed by atoms with Crippen LogP contribution in [0.1, 0.15) is 5.76 Å². The van der Waals surface area contributed by atoms with Crippen LogP contribution in [0.5, 0.6) is 0 Å². The molecule has 3 aromatic rings. The smallest absolute Gasteiger partial charge is 0.297 e. The Bertz CT molecular complexity index is 1350. The lowest BCUT2D eigenvalue weighted by Gasteiger charge is -2.20. The Morgan fingerprint density at radius 2 is 1.88 bits per heavy atom. The SMILES string of the molecule is O=C1C(=Cc2ccc(-c3ccc([N+](=O)[O-])cc3)o2)SC(S(=O)(=O)O)N1c1cccc(F)c1. The van der Waals surface area contributed by atoms with Crippen LogP contribution in [0.3, 0.4) is 0 Å². The van der Waals surface area contributed by atoms with Crippen LogP contribution in [0.4, 0.5) is 15.8 Å². The van der Waals surface area contributed by atoms with Gasteiger partial charge in [0.15, 0.2) is 0 Å². The molecule has 0 radical (unpaired) electrons. The molecule has 12 heteroatoms. The monoisotopic (exact) mass is 476 g/mol. The fourth-order valence-electron chi connectivity index (χ4n) is 3.04. The maximum Gasteiger partial charge on any atom is 0.297 e. The predicted octanol–water partition coefficient (Wildman–Crippen LogP) is 4.29. The van der Waals surface area contributed by atoms with Crippen LogP contribution in [0.25, 0.3) is 17.4 Å². The van der Waals surface area contributed by atoms with Crippen molar-refractivity contribution in [3.8, 4) is 11.3 Å². The first kappa shape index (κ1) is 21.7. The number of carbonyl (C=O) groups is 1. The zero-order chi connectivity index (χ0) is 23.0. The van der Waals surface area contributed by atoms with Crippen molar-refractivity contribution < 1.29 is 31.5 Å². The number of halogens is 1. The first-order chi connectivity index (χ1) is 15.1. The van der Waals surface area contributed by atoms with Gasteiger partial charge < -0.3 is 4.42 Å². The Balaban J connectivity index is 1.66. The van der Waals surface area contributed by atoms with Crippen molar-refractivity contribution in [3.63, 3.8) is 0 Å². The van der Waals surface area contributed by atoms with E-state index in [0.717, 1.165) is 17.0 Å². The average molecular weight is 476 g/mol. The summed E-state index contributed by atoms with van der Waals surface area (Å²) in [5.74, 6) is -0.845. The Morgan fingerprint density at radius 1 is 1.16 bits per heavy atom. The Labute approximate surface area is 185 Å². The van der Waals surface area contributed by atoms with E-state index in [2.05, 4.69) is 0 Å². The molecule has 0 saturated carbocycles. The molecule has 2 aromatic carbocycles. The molecule has 1 fully saturated rings. The first-order valence-electron chi connectivity index (χ1n) is 8.92. The van der Waals surface area contributed by atoms with Crippen LogP contribution in [-0.2, 0) is 14.9 Å². The van der Waals surface area contributed by atoms with Crippen LogP contribution in [-0.4, -0.2) is 28.5 Å². The van der Waals surface area contributed by atoms with Gasteiger partial charge in [-0.1, -0.05) is 17.8 Å². The number of anilines is 1. The number of non-ortho nitro benzene ring substituents is 1. The van der Waals surface area contributed by atoms with Gasteiger partial charge in [-0.15, -0.1) is 0 Å². The zero-order valence-corrected chi connectivity index (χ0v) is 17.5. The van der Waals surface area contributed by atoms with Crippen molar-refractivity contribution in [2.45, 2.75) is 4.71 Å². The molecule has 1 aliphatic rings. The minimum Gasteiger partial charge on any atom is -0.457 e. The van der Waals surface area contributed by atoms with Gasteiger partial charge in [0.05, 0.1) is 9.83 Å². The highest BCUT2D eigenvalue weighted by Gasteiger charge is 2.44. The molecule has 0 aliphatic carbocycles. The number of amides is 1. The topological polar surface area (TPSA) is 131 Å². The lowest BCUT2D eigenvalue weighted by molar-refractivity contribution is -0.384. The van der Waals surface area contributed by atoms with Gasteiger partial charge in [0, 0.05) is 29.5 Å². The molecule has 1 aromatic heterocycles. The fraction of sp³-hybridized carbons (Fsp3) is 0.0500. The second kappa shape index (κ2) is 8.22. The summed E-state index contributed by atoms with van der Waals surface area (Å²) in [6.45, 7) is 0. The van der Waals surface area contributed by atoms with Crippen molar-refractivity contribution in [1.29, 1.82) is 0 Å². The van der Waals surface area contributed by atoms with Gasteiger partial charge in [0.1, 0.15) is 17.3 Å². The number of carbonyl (C=O) groups excluding carboxylic acids is 1. The van der Waals surface area contributed by atoms with Crippen LogP contribution in [0.15, 0.2) is 70.0 Å². The van der Waals surface area contributed by atoms with Gasteiger partial charge in [0.25, 0.3) is 21.7 Å². The molecule has 1 saturated heterocycles. The summed E-state index contributed by atoms with van der Waals surface area (Å²) in [6, 6.07) is 13.6. The van der Waals surface area contributed by atoms with Gasteiger partial charge in [-0.05, 0) is 42.5 Å². The number of furan rings is 1. The Morgan fingerprint density at radius 3 is 2.50 bits per heavy atom. The van der Waals surface area contributed by atoms with Crippen molar-refractivity contribution in [2.24, 2.45) is 0 Å². The number of nitrogens with zero attached hydrogens (tertiary/aromatic N) is 2. The number of nitro benzene ring substituents is 1. The minimum absolute atomic E-state index is 0.0282. The van der Waals surface area contributed by atoms with E-state index in [0.29, 0.717) is 23.1 Å². The number of rotatable bonds is 5. The molecule has 4 rings (SSSR count). The average Bonchev–Trinajstić information content (AvgIpc) is 3.33. The van der Waals surface area contributed by atoms with Gasteiger partial charge in [-0.25, -0.2) is 4.39 Å². The van der Waals surface area contributed by atoms with Crippen molar-refractivity contribution in [3.05, 3.63) is 87.3 Å². The second-order valence-electron chi connectivity index (χ2n) is 6.61. The third-order valence-corrected chi connectivity index (χ3v) is 7.17. The molecule has 32 heavy (non-hydrogen) atoms. The Hall–Kier alpha value is -3.48. The summed E-state index contributed by atoms with van der Waals surface area (Å²) in [4.78, 5) is 23.9. The molecule has 1 atom stereocenters. The first-order valence-corrected chi connectivity index (χ1v) is 11.3. The van der Waals surface area contributed by atoms with Gasteiger partial charge in [-0.2, -0.15) is 8.42 Å². The zero-order valence-electron chi connectivity index (χ0n) is 15.9. The third-order valence-electron chi connectivity index (χ3n) is 4.47. The maximum atomic E-state index is 13.6. The molecule has 1 N–H and O–H groups in total. The minimum atomic E-state index is -4.70. The number of hydrogen-bond acceptors (Lipinski definition) is 7. The largest absolute Gasteiger partial charge is 0.457 e. The molecular weight excluding hydrogens is 463 g/mol. The molecule has 1 amide bonds. The van der Waals surface area contributed by atoms with E-state index in [4.69, 9.17) is 4.42 Å². The predicted molar refractivity (Wildman–Crippen MR) is 116 cm³/mol. The summed E-state index contributed by atoms with van der Waals surface area (Å²) in [7, 11) is -4.70. The highest BCUT2D eigenvalue weighted by molar-refractivity contribution is 8.15. The van der Waals surface area contributed by atoms with E-state index >= 15 is 0 Å². The summed E-state index contributed by atoms with van der Waals surface area (Å²) in [5.41, 5.74) is 0.451. The fourth-order valence-corrected chi connectivity index (χ4v) is 5.25. The van der Waals surface area contributed by atoms with E-state index in [1.54, 1.807) is 6.07 Å². The number of nitro groups is 1. The standard InChI is InChI=1S/C20H13FN2O7S2/c21-13-2-1-3-15(10-13)22-19(24)18(31-20(22)32(27,28)29)11-16-8-9-17(30-16)12-4-6-14(7-5-12)23(25)26/h1-11,20H,(H,27,28,29). The normalized spacial score (nSPS) is 17.8. The third kappa shape index (κ3) is 4.28. The molecule has 164 valence electrons. The summed E-state index contributed by atoms with van der Waals surface area (Å²) >= 11 is 0.582. The van der Waals surface area contributed by atoms with Crippen molar-refractivity contribution in [1.82, 2.24) is 0 Å². The van der Waals surface area contributed by atoms with Crippen LogP contribution in [0, 0.1) is 15.9 Å². The number of benzene rings is 2. The van der Waals surface area contributed by atoms with E-state index in [-0.39, 0.29) is 22.0 Å². The van der Waals surface area contributed by atoms with Gasteiger partial charge in [0.2, 0.25) is 4.71 Å². The van der Waals surface area contributed by atoms with Crippen LogP contribution in [0.2, 0.25) is 0 Å². The van der Waals surface area contributed by atoms with Gasteiger partial charge >= 0.3 is 0 Å². The number of thioether (sulfide) groups is 1. The molecule has 1 unspecified atom stereocenters. The van der Waals surface area contributed by atoms with E-state index in [1.165, 1.54) is 48.5 Å². The Kier molecular flexibility index (Phi) is 5.59. The number of hydrogen-bond donors (Lipinski definition) is 1. The summed E-state index contributed by atoms with van der Waals surface area (Å²) < 4.78 is 50.9. The lowest BCUT2D eigenvalue weighted by Crippen LogP contribution is -2.37. The van der Waals surface area contributed by atoms with Gasteiger partial charge in [-0.3, -0.25) is 24.4 Å². The van der Waals surface area contributed by atoms with Crippen molar-refractivity contribution >= 4 is 45.2 Å². The van der Waals surface area contributed by atoms with E-state index < -0.39 is 31.5 Å². The maximum absolute atomic E-state index is 13.6. The molecule has 0 bridgehead atoms. The summed E-state index contributed by atoms with van der Waals surface area (Å²) in [6.07, 6.45) is 1.30. The highest BCUT2D eigenvalue weighted by atomic mass is 32.3. The van der Waals surface area contributed by atoms with Crippen LogP contribution < -0.4 is 4.90 Å². The van der Waals surface area contributed by atoms with Crippen LogP contribution >= 0.6 is 11.8 Å².